The van der Waals surface area contributed by atoms with E-state index in [0.717, 1.165) is 111 Å². The van der Waals surface area contributed by atoms with Gasteiger partial charge < -0.3 is 13.4 Å². The maximum atomic E-state index is 6.67. The van der Waals surface area contributed by atoms with Gasteiger partial charge in [-0.15, -0.1) is 0 Å². The molecule has 15 rings (SSSR count). The van der Waals surface area contributed by atoms with Gasteiger partial charge in [0, 0.05) is 60.8 Å². The maximum Gasteiger partial charge on any atom is 0.164 e. The zero-order valence-corrected chi connectivity index (χ0v) is 40.4. The summed E-state index contributed by atoms with van der Waals surface area (Å²) in [6.07, 6.45) is 0. The van der Waals surface area contributed by atoms with Crippen molar-refractivity contribution in [2.75, 3.05) is 0 Å². The van der Waals surface area contributed by atoms with Crippen LogP contribution < -0.4 is 0 Å². The van der Waals surface area contributed by atoms with Crippen LogP contribution in [0.5, 0.6) is 0 Å². The highest BCUT2D eigenvalue weighted by Crippen LogP contribution is 2.40. The first-order valence-electron chi connectivity index (χ1n) is 25.2. The third-order valence-electron chi connectivity index (χ3n) is 14.7. The van der Waals surface area contributed by atoms with Gasteiger partial charge in [-0.1, -0.05) is 176 Å². The van der Waals surface area contributed by atoms with Crippen molar-refractivity contribution in [3.63, 3.8) is 0 Å². The second-order valence-electron chi connectivity index (χ2n) is 19.2. The molecular weight excluding hydrogens is 917 g/mol. The van der Waals surface area contributed by atoms with E-state index in [4.69, 9.17) is 23.8 Å². The van der Waals surface area contributed by atoms with Gasteiger partial charge in [0.2, 0.25) is 0 Å². The molecule has 0 aliphatic carbocycles. The standard InChI is InChI=1S/C69H42N4O2/c1-4-13-43(14-5-1)45-23-25-47(26-24-45)68-70-67(46-17-8-3-9-18-46)71-69(72-68)53-28-33-57-56-32-27-52(40-64(56)75-65(57)41-53)49-20-12-19-48(37-49)51-30-36-63-60(39-51)58-34-31-54(42-66(58)74-63)73-61-22-11-10-21-55(61)59-38-50(29-35-62(59)73)44-15-6-2-7-16-44/h1-42H. The lowest BCUT2D eigenvalue weighted by Crippen LogP contribution is -2.00. The summed E-state index contributed by atoms with van der Waals surface area (Å²) in [6, 6.07) is 89.4. The van der Waals surface area contributed by atoms with Crippen molar-refractivity contribution in [2.45, 2.75) is 0 Å². The van der Waals surface area contributed by atoms with Crippen LogP contribution in [0.3, 0.4) is 0 Å². The van der Waals surface area contributed by atoms with Gasteiger partial charge in [0.05, 0.1) is 11.0 Å². The molecule has 0 saturated heterocycles. The lowest BCUT2D eigenvalue weighted by Gasteiger charge is -2.09. The Morgan fingerprint density at radius 2 is 0.640 bits per heavy atom. The van der Waals surface area contributed by atoms with Gasteiger partial charge in [-0.2, -0.15) is 0 Å². The third-order valence-corrected chi connectivity index (χ3v) is 14.7. The number of fused-ring (bicyclic) bond motifs is 9. The Balaban J connectivity index is 0.743. The van der Waals surface area contributed by atoms with E-state index in [1.807, 2.05) is 42.5 Å². The molecule has 4 aromatic heterocycles. The minimum Gasteiger partial charge on any atom is -0.456 e. The molecule has 11 aromatic carbocycles. The largest absolute Gasteiger partial charge is 0.456 e. The van der Waals surface area contributed by atoms with Gasteiger partial charge in [-0.05, 0) is 117 Å². The molecule has 6 nitrogen and oxygen atoms in total. The molecule has 15 aromatic rings. The minimum atomic E-state index is 0.578. The number of benzene rings is 11. The first-order valence-corrected chi connectivity index (χ1v) is 25.2. The average molecular weight is 959 g/mol. The van der Waals surface area contributed by atoms with E-state index in [0.29, 0.717) is 17.5 Å². The first kappa shape index (κ1) is 42.5. The minimum absolute atomic E-state index is 0.578. The molecule has 6 heteroatoms. The average Bonchev–Trinajstić information content (AvgIpc) is 4.19. The van der Waals surface area contributed by atoms with Gasteiger partial charge >= 0.3 is 0 Å². The molecule has 75 heavy (non-hydrogen) atoms. The number of hydrogen-bond acceptors (Lipinski definition) is 5. The lowest BCUT2D eigenvalue weighted by molar-refractivity contribution is 0.668. The van der Waals surface area contributed by atoms with Crippen LogP contribution in [0.4, 0.5) is 0 Å². The van der Waals surface area contributed by atoms with Gasteiger partial charge in [0.25, 0.3) is 0 Å². The molecule has 4 heterocycles. The number of furan rings is 2. The predicted octanol–water partition coefficient (Wildman–Crippen LogP) is 18.4. The molecular formula is C69H42N4O2. The Morgan fingerprint density at radius 3 is 1.36 bits per heavy atom. The van der Waals surface area contributed by atoms with Gasteiger partial charge in [-0.25, -0.2) is 15.0 Å². The second kappa shape index (κ2) is 17.3. The van der Waals surface area contributed by atoms with E-state index >= 15 is 0 Å². The van der Waals surface area contributed by atoms with Crippen molar-refractivity contribution >= 4 is 65.7 Å². The Kier molecular flexibility index (Phi) is 9.78. The summed E-state index contributed by atoms with van der Waals surface area (Å²) >= 11 is 0. The van der Waals surface area contributed by atoms with Crippen molar-refractivity contribution < 1.29 is 8.83 Å². The van der Waals surface area contributed by atoms with Crippen LogP contribution in [0.2, 0.25) is 0 Å². The summed E-state index contributed by atoms with van der Waals surface area (Å²) in [7, 11) is 0. The number of nitrogens with zero attached hydrogens (tertiary/aromatic N) is 4. The Hall–Kier alpha value is -10.2. The summed E-state index contributed by atoms with van der Waals surface area (Å²) in [5, 5.41) is 6.69. The molecule has 0 N–H and O–H groups in total. The smallest absolute Gasteiger partial charge is 0.164 e. The van der Waals surface area contributed by atoms with Crippen molar-refractivity contribution in [1.82, 2.24) is 19.5 Å². The van der Waals surface area contributed by atoms with Crippen molar-refractivity contribution in [3.05, 3.63) is 255 Å². The predicted molar refractivity (Wildman–Crippen MR) is 307 cm³/mol. The molecule has 350 valence electrons. The van der Waals surface area contributed by atoms with Crippen LogP contribution in [0.25, 0.3) is 150 Å². The van der Waals surface area contributed by atoms with E-state index < -0.39 is 0 Å². The van der Waals surface area contributed by atoms with Crippen LogP contribution in [0.1, 0.15) is 0 Å². The van der Waals surface area contributed by atoms with Crippen LogP contribution in [-0.4, -0.2) is 19.5 Å². The molecule has 0 amide bonds. The zero-order chi connectivity index (χ0) is 49.4. The fourth-order valence-corrected chi connectivity index (χ4v) is 10.9. The highest BCUT2D eigenvalue weighted by atomic mass is 16.3. The van der Waals surface area contributed by atoms with Crippen LogP contribution in [-0.2, 0) is 0 Å². The highest BCUT2D eigenvalue weighted by molar-refractivity contribution is 6.12. The summed E-state index contributed by atoms with van der Waals surface area (Å²) in [4.78, 5) is 15.0. The fourth-order valence-electron chi connectivity index (χ4n) is 10.9. The molecule has 0 unspecified atom stereocenters. The SMILES string of the molecule is c1ccc(-c2ccc(-c3nc(-c4ccccc4)nc(-c4ccc5c(c4)oc4cc(-c6cccc(-c7ccc8oc9cc(-n%10c%11ccccc%11c%11cc(-c%12ccccc%12)ccc%11%10)ccc9c8c7)c6)ccc45)n3)cc2)cc1. The van der Waals surface area contributed by atoms with Crippen LogP contribution in [0.15, 0.2) is 264 Å². The monoisotopic (exact) mass is 958 g/mol. The van der Waals surface area contributed by atoms with E-state index in [1.54, 1.807) is 0 Å². The number of aromatic nitrogens is 4. The fraction of sp³-hybridized carbons (Fsp3) is 0. The molecule has 0 spiro atoms. The van der Waals surface area contributed by atoms with Crippen LogP contribution >= 0.6 is 0 Å². The summed E-state index contributed by atoms with van der Waals surface area (Å²) in [5.41, 5.74) is 18.5. The molecule has 0 fully saturated rings. The zero-order valence-electron chi connectivity index (χ0n) is 40.4. The number of hydrogen-bond donors (Lipinski definition) is 0. The number of para-hydroxylation sites is 1. The highest BCUT2D eigenvalue weighted by Gasteiger charge is 2.18. The lowest BCUT2D eigenvalue weighted by atomic mass is 9.97. The molecule has 0 bridgehead atoms. The molecule has 0 radical (unpaired) electrons. The Bertz CT molecular complexity index is 4690. The second-order valence-corrected chi connectivity index (χ2v) is 19.2. The quantitative estimate of drug-likeness (QED) is 0.152. The molecule has 0 aliphatic heterocycles. The van der Waals surface area contributed by atoms with Crippen LogP contribution in [0, 0.1) is 0 Å². The summed E-state index contributed by atoms with van der Waals surface area (Å²) < 4.78 is 15.6. The first-order chi connectivity index (χ1) is 37.1. The van der Waals surface area contributed by atoms with Crippen molar-refractivity contribution in [1.29, 1.82) is 0 Å². The summed E-state index contributed by atoms with van der Waals surface area (Å²) in [5.74, 6) is 1.80. The Morgan fingerprint density at radius 1 is 0.227 bits per heavy atom. The van der Waals surface area contributed by atoms with E-state index in [9.17, 15) is 0 Å². The molecule has 0 aliphatic rings. The number of rotatable bonds is 8. The van der Waals surface area contributed by atoms with E-state index in [2.05, 4.69) is 217 Å². The summed E-state index contributed by atoms with van der Waals surface area (Å²) in [6.45, 7) is 0. The Labute approximate surface area is 431 Å². The normalized spacial score (nSPS) is 11.7. The van der Waals surface area contributed by atoms with Gasteiger partial charge in [0.1, 0.15) is 22.3 Å². The van der Waals surface area contributed by atoms with Crippen molar-refractivity contribution in [2.24, 2.45) is 0 Å². The van der Waals surface area contributed by atoms with Crippen molar-refractivity contribution in [3.8, 4) is 84.4 Å². The van der Waals surface area contributed by atoms with E-state index in [1.165, 1.54) is 21.9 Å². The maximum absolute atomic E-state index is 6.67. The van der Waals surface area contributed by atoms with E-state index in [-0.39, 0.29) is 0 Å². The molecule has 0 saturated carbocycles. The topological polar surface area (TPSA) is 69.9 Å². The third kappa shape index (κ3) is 7.38. The molecule has 0 atom stereocenters. The van der Waals surface area contributed by atoms with Gasteiger partial charge in [-0.3, -0.25) is 0 Å². The van der Waals surface area contributed by atoms with Gasteiger partial charge in [0.15, 0.2) is 17.5 Å².